The number of rotatable bonds is 5. The quantitative estimate of drug-likeness (QED) is 0.880. The number of hydrogen-bond donors (Lipinski definition) is 1. The van der Waals surface area contributed by atoms with E-state index in [0.717, 1.165) is 26.2 Å². The molecule has 106 valence electrons. The maximum Gasteiger partial charge on any atom is 0.146 e. The minimum Gasteiger partial charge on any atom is -0.381 e. The van der Waals surface area contributed by atoms with Crippen molar-refractivity contribution in [2.24, 2.45) is 5.92 Å². The zero-order valence-corrected chi connectivity index (χ0v) is 12.1. The number of para-hydroxylation sites is 1. The number of halogens is 1. The van der Waals surface area contributed by atoms with E-state index in [1.165, 1.54) is 6.07 Å². The lowest BCUT2D eigenvalue weighted by Crippen LogP contribution is -2.35. The summed E-state index contributed by atoms with van der Waals surface area (Å²) in [5.41, 5.74) is 0.596. The summed E-state index contributed by atoms with van der Waals surface area (Å²) in [5.74, 6) is 0.520. The first-order valence-corrected chi connectivity index (χ1v) is 6.95. The maximum absolute atomic E-state index is 13.4. The van der Waals surface area contributed by atoms with Gasteiger partial charge in [0.15, 0.2) is 0 Å². The van der Waals surface area contributed by atoms with Crippen molar-refractivity contribution in [1.82, 2.24) is 9.80 Å². The molecule has 0 radical (unpaired) electrons. The molecule has 1 aliphatic heterocycles. The summed E-state index contributed by atoms with van der Waals surface area (Å²) in [4.78, 5) is 4.75. The number of nitrogens with one attached hydrogen (secondary N) is 1. The van der Waals surface area contributed by atoms with Gasteiger partial charge in [0, 0.05) is 32.2 Å². The highest BCUT2D eigenvalue weighted by molar-refractivity contribution is 5.44. The van der Waals surface area contributed by atoms with E-state index in [-0.39, 0.29) is 5.82 Å². The third kappa shape index (κ3) is 3.67. The summed E-state index contributed by atoms with van der Waals surface area (Å²) >= 11 is 0. The van der Waals surface area contributed by atoms with E-state index in [2.05, 4.69) is 36.1 Å². The van der Waals surface area contributed by atoms with Crippen LogP contribution in [0.1, 0.15) is 6.92 Å². The Bertz CT molecular complexity index is 408. The molecule has 4 heteroatoms. The van der Waals surface area contributed by atoms with E-state index in [4.69, 9.17) is 0 Å². The van der Waals surface area contributed by atoms with Gasteiger partial charge >= 0.3 is 0 Å². The Balaban J connectivity index is 1.77. The van der Waals surface area contributed by atoms with E-state index in [1.54, 1.807) is 12.1 Å². The molecule has 0 aromatic heterocycles. The van der Waals surface area contributed by atoms with Crippen LogP contribution in [0.2, 0.25) is 0 Å². The average Bonchev–Trinajstić information content (AvgIpc) is 2.73. The second-order valence-electron chi connectivity index (χ2n) is 5.67. The first-order valence-electron chi connectivity index (χ1n) is 6.95. The Hall–Kier alpha value is -1.13. The van der Waals surface area contributed by atoms with Gasteiger partial charge in [-0.15, -0.1) is 0 Å². The number of anilines is 1. The molecule has 2 unspecified atom stereocenters. The van der Waals surface area contributed by atoms with Crippen molar-refractivity contribution >= 4 is 5.69 Å². The van der Waals surface area contributed by atoms with Gasteiger partial charge < -0.3 is 10.2 Å². The van der Waals surface area contributed by atoms with Crippen LogP contribution in [-0.2, 0) is 0 Å². The van der Waals surface area contributed by atoms with Gasteiger partial charge in [-0.05, 0) is 32.1 Å². The third-order valence-electron chi connectivity index (χ3n) is 3.93. The fraction of sp³-hybridized carbons (Fsp3) is 0.600. The standard InChI is InChI=1S/C15H24FN3/c1-12-10-19(11-15(12)18(2)3)9-8-17-14-7-5-4-6-13(14)16/h4-7,12,15,17H,8-11H2,1-3H3. The van der Waals surface area contributed by atoms with Crippen molar-refractivity contribution in [1.29, 1.82) is 0 Å². The first-order chi connectivity index (χ1) is 9.08. The fourth-order valence-electron chi connectivity index (χ4n) is 2.86. The van der Waals surface area contributed by atoms with Gasteiger partial charge in [-0.2, -0.15) is 0 Å². The SMILES string of the molecule is CC1CN(CCNc2ccccc2F)CC1N(C)C. The smallest absolute Gasteiger partial charge is 0.146 e. The van der Waals surface area contributed by atoms with Gasteiger partial charge in [-0.25, -0.2) is 4.39 Å². The normalized spacial score (nSPS) is 24.1. The molecule has 1 aromatic carbocycles. The fourth-order valence-corrected chi connectivity index (χ4v) is 2.86. The molecular formula is C15H24FN3. The minimum absolute atomic E-state index is 0.177. The number of likely N-dealkylation sites (N-methyl/N-ethyl adjacent to an activating group) is 1. The van der Waals surface area contributed by atoms with E-state index < -0.39 is 0 Å². The highest BCUT2D eigenvalue weighted by Crippen LogP contribution is 2.19. The molecular weight excluding hydrogens is 241 g/mol. The number of nitrogens with zero attached hydrogens (tertiary/aromatic N) is 2. The number of hydrogen-bond acceptors (Lipinski definition) is 3. The van der Waals surface area contributed by atoms with E-state index >= 15 is 0 Å². The zero-order valence-electron chi connectivity index (χ0n) is 12.1. The second-order valence-corrected chi connectivity index (χ2v) is 5.67. The summed E-state index contributed by atoms with van der Waals surface area (Å²) < 4.78 is 13.4. The highest BCUT2D eigenvalue weighted by atomic mass is 19.1. The molecule has 1 fully saturated rings. The summed E-state index contributed by atoms with van der Waals surface area (Å²) in [7, 11) is 4.28. The molecule has 1 N–H and O–H groups in total. The van der Waals surface area contributed by atoms with Gasteiger partial charge in [0.25, 0.3) is 0 Å². The summed E-state index contributed by atoms with van der Waals surface area (Å²) in [6.07, 6.45) is 0. The lowest BCUT2D eigenvalue weighted by Gasteiger charge is -2.22. The molecule has 0 spiro atoms. The van der Waals surface area contributed by atoms with Crippen molar-refractivity contribution in [3.8, 4) is 0 Å². The largest absolute Gasteiger partial charge is 0.381 e. The Kier molecular flexibility index (Phi) is 4.77. The molecule has 0 saturated carbocycles. The molecule has 1 saturated heterocycles. The van der Waals surface area contributed by atoms with Crippen LogP contribution >= 0.6 is 0 Å². The Labute approximate surface area is 115 Å². The molecule has 0 bridgehead atoms. The van der Waals surface area contributed by atoms with Crippen LogP contribution in [0.4, 0.5) is 10.1 Å². The lowest BCUT2D eigenvalue weighted by atomic mass is 10.1. The van der Waals surface area contributed by atoms with Gasteiger partial charge in [0.05, 0.1) is 5.69 Å². The second kappa shape index (κ2) is 6.35. The summed E-state index contributed by atoms with van der Waals surface area (Å²) in [5, 5.41) is 3.17. The van der Waals surface area contributed by atoms with Crippen LogP contribution in [0, 0.1) is 11.7 Å². The van der Waals surface area contributed by atoms with Crippen LogP contribution in [0.5, 0.6) is 0 Å². The molecule has 0 aliphatic carbocycles. The third-order valence-corrected chi connectivity index (χ3v) is 3.93. The van der Waals surface area contributed by atoms with E-state index in [9.17, 15) is 4.39 Å². The van der Waals surface area contributed by atoms with Gasteiger partial charge in [0.2, 0.25) is 0 Å². The molecule has 2 atom stereocenters. The van der Waals surface area contributed by atoms with E-state index in [0.29, 0.717) is 17.6 Å². The molecule has 1 aromatic rings. The topological polar surface area (TPSA) is 18.5 Å². The maximum atomic E-state index is 13.4. The van der Waals surface area contributed by atoms with Crippen LogP contribution in [0.3, 0.4) is 0 Å². The summed E-state index contributed by atoms with van der Waals surface area (Å²) in [6.45, 7) is 6.28. The van der Waals surface area contributed by atoms with Gasteiger partial charge in [0.1, 0.15) is 5.82 Å². The Morgan fingerprint density at radius 1 is 1.32 bits per heavy atom. The lowest BCUT2D eigenvalue weighted by molar-refractivity contribution is 0.254. The summed E-state index contributed by atoms with van der Waals surface area (Å²) in [6, 6.07) is 7.47. The molecule has 0 amide bonds. The van der Waals surface area contributed by atoms with Crippen LogP contribution < -0.4 is 5.32 Å². The van der Waals surface area contributed by atoms with Crippen LogP contribution in [0.15, 0.2) is 24.3 Å². The highest BCUT2D eigenvalue weighted by Gasteiger charge is 2.30. The van der Waals surface area contributed by atoms with Crippen molar-refractivity contribution in [2.75, 3.05) is 45.6 Å². The van der Waals surface area contributed by atoms with Crippen molar-refractivity contribution in [2.45, 2.75) is 13.0 Å². The zero-order chi connectivity index (χ0) is 13.8. The van der Waals surface area contributed by atoms with E-state index in [1.807, 2.05) is 6.07 Å². The molecule has 1 heterocycles. The number of likely N-dealkylation sites (tertiary alicyclic amines) is 1. The number of benzene rings is 1. The monoisotopic (exact) mass is 265 g/mol. The van der Waals surface area contributed by atoms with Crippen molar-refractivity contribution in [3.63, 3.8) is 0 Å². The molecule has 1 aliphatic rings. The molecule has 3 nitrogen and oxygen atoms in total. The van der Waals surface area contributed by atoms with Crippen LogP contribution in [-0.4, -0.2) is 56.1 Å². The Morgan fingerprint density at radius 2 is 2.05 bits per heavy atom. The predicted molar refractivity (Wildman–Crippen MR) is 78.0 cm³/mol. The van der Waals surface area contributed by atoms with Gasteiger partial charge in [-0.1, -0.05) is 19.1 Å². The molecule has 2 rings (SSSR count). The van der Waals surface area contributed by atoms with Crippen molar-refractivity contribution < 1.29 is 4.39 Å². The van der Waals surface area contributed by atoms with Crippen LogP contribution in [0.25, 0.3) is 0 Å². The first kappa shape index (κ1) is 14.3. The average molecular weight is 265 g/mol. The minimum atomic E-state index is -0.177. The molecule has 19 heavy (non-hydrogen) atoms. The Morgan fingerprint density at radius 3 is 2.68 bits per heavy atom. The van der Waals surface area contributed by atoms with Crippen molar-refractivity contribution in [3.05, 3.63) is 30.1 Å². The van der Waals surface area contributed by atoms with Gasteiger partial charge in [-0.3, -0.25) is 4.90 Å². The predicted octanol–water partition coefficient (Wildman–Crippen LogP) is 2.12.